The van der Waals surface area contributed by atoms with Crippen LogP contribution >= 0.6 is 0 Å². The van der Waals surface area contributed by atoms with Crippen molar-refractivity contribution in [2.24, 2.45) is 5.92 Å². The van der Waals surface area contributed by atoms with Gasteiger partial charge in [0.05, 0.1) is 12.6 Å². The van der Waals surface area contributed by atoms with E-state index in [2.05, 4.69) is 10.6 Å². The second-order valence-electron chi connectivity index (χ2n) is 4.77. The Kier molecular flexibility index (Phi) is 6.57. The van der Waals surface area contributed by atoms with Gasteiger partial charge in [0.1, 0.15) is 6.04 Å². The third-order valence-electron chi connectivity index (χ3n) is 3.01. The molecule has 1 aromatic rings. The number of nitriles is 1. The Labute approximate surface area is 127 Å². The van der Waals surface area contributed by atoms with Crippen molar-refractivity contribution in [2.45, 2.75) is 19.4 Å². The predicted octanol–water partition coefficient (Wildman–Crippen LogP) is 0.536. The van der Waals surface area contributed by atoms with E-state index in [1.54, 1.807) is 37.3 Å². The van der Waals surface area contributed by atoms with Crippen LogP contribution in [0.5, 0.6) is 0 Å². The number of rotatable bonds is 7. The average molecular weight is 303 g/mol. The summed E-state index contributed by atoms with van der Waals surface area (Å²) in [7, 11) is 0. The fraction of sp³-hybridized carbons (Fsp3) is 0.333. The zero-order valence-electron chi connectivity index (χ0n) is 12.1. The van der Waals surface area contributed by atoms with Gasteiger partial charge in [-0.1, -0.05) is 25.1 Å². The van der Waals surface area contributed by atoms with Gasteiger partial charge in [0.15, 0.2) is 0 Å². The SMILES string of the molecule is C[C@H](CC#N)[C@@H](NC(=O)CNC(=O)c1ccccc1)C(=O)O. The molecule has 2 amide bonds. The molecule has 0 aliphatic carbocycles. The van der Waals surface area contributed by atoms with Crippen molar-refractivity contribution in [1.29, 1.82) is 5.26 Å². The van der Waals surface area contributed by atoms with Gasteiger partial charge in [-0.3, -0.25) is 9.59 Å². The summed E-state index contributed by atoms with van der Waals surface area (Å²) in [5, 5.41) is 22.4. The van der Waals surface area contributed by atoms with E-state index >= 15 is 0 Å². The van der Waals surface area contributed by atoms with E-state index in [1.807, 2.05) is 6.07 Å². The molecule has 116 valence electrons. The number of carboxylic acid groups (broad SMARTS) is 1. The van der Waals surface area contributed by atoms with Gasteiger partial charge in [-0.15, -0.1) is 0 Å². The van der Waals surface area contributed by atoms with Gasteiger partial charge in [-0.25, -0.2) is 4.79 Å². The van der Waals surface area contributed by atoms with Crippen LogP contribution < -0.4 is 10.6 Å². The van der Waals surface area contributed by atoms with E-state index in [1.165, 1.54) is 0 Å². The molecule has 0 spiro atoms. The summed E-state index contributed by atoms with van der Waals surface area (Å²) in [4.78, 5) is 34.6. The monoisotopic (exact) mass is 303 g/mol. The van der Waals surface area contributed by atoms with Crippen LogP contribution in [-0.4, -0.2) is 35.5 Å². The average Bonchev–Trinajstić information content (AvgIpc) is 2.51. The van der Waals surface area contributed by atoms with Gasteiger partial charge in [0.25, 0.3) is 5.91 Å². The molecular formula is C15H17N3O4. The van der Waals surface area contributed by atoms with Gasteiger partial charge in [-0.05, 0) is 12.1 Å². The number of hydrogen-bond acceptors (Lipinski definition) is 4. The van der Waals surface area contributed by atoms with E-state index < -0.39 is 29.7 Å². The summed E-state index contributed by atoms with van der Waals surface area (Å²) in [5.41, 5.74) is 0.405. The largest absolute Gasteiger partial charge is 0.480 e. The first-order valence-corrected chi connectivity index (χ1v) is 6.68. The molecule has 7 heteroatoms. The molecule has 22 heavy (non-hydrogen) atoms. The summed E-state index contributed by atoms with van der Waals surface area (Å²) in [6, 6.07) is 9.04. The number of carbonyl (C=O) groups is 3. The van der Waals surface area contributed by atoms with Crippen molar-refractivity contribution in [3.05, 3.63) is 35.9 Å². The molecule has 0 aliphatic rings. The Hall–Kier alpha value is -2.88. The molecule has 0 heterocycles. The van der Waals surface area contributed by atoms with Crippen molar-refractivity contribution >= 4 is 17.8 Å². The zero-order valence-corrected chi connectivity index (χ0v) is 12.1. The second kappa shape index (κ2) is 8.42. The molecule has 0 fully saturated rings. The number of amides is 2. The molecule has 0 unspecified atom stereocenters. The second-order valence-corrected chi connectivity index (χ2v) is 4.77. The lowest BCUT2D eigenvalue weighted by Crippen LogP contribution is -2.48. The topological polar surface area (TPSA) is 119 Å². The smallest absolute Gasteiger partial charge is 0.326 e. The molecule has 0 saturated heterocycles. The number of benzene rings is 1. The lowest BCUT2D eigenvalue weighted by Gasteiger charge is -2.19. The molecular weight excluding hydrogens is 286 g/mol. The predicted molar refractivity (Wildman–Crippen MR) is 77.7 cm³/mol. The summed E-state index contributed by atoms with van der Waals surface area (Å²) >= 11 is 0. The molecule has 0 saturated carbocycles. The fourth-order valence-electron chi connectivity index (χ4n) is 1.79. The molecule has 1 aromatic carbocycles. The minimum absolute atomic E-state index is 0.00756. The molecule has 7 nitrogen and oxygen atoms in total. The highest BCUT2D eigenvalue weighted by molar-refractivity contribution is 5.96. The van der Waals surface area contributed by atoms with E-state index in [0.717, 1.165) is 0 Å². The van der Waals surface area contributed by atoms with Crippen LogP contribution in [0.4, 0.5) is 0 Å². The highest BCUT2D eigenvalue weighted by Gasteiger charge is 2.26. The maximum atomic E-state index is 11.8. The highest BCUT2D eigenvalue weighted by atomic mass is 16.4. The summed E-state index contributed by atoms with van der Waals surface area (Å²) < 4.78 is 0. The first-order valence-electron chi connectivity index (χ1n) is 6.68. The number of nitrogens with one attached hydrogen (secondary N) is 2. The third-order valence-corrected chi connectivity index (χ3v) is 3.01. The first-order chi connectivity index (χ1) is 10.5. The van der Waals surface area contributed by atoms with Crippen molar-refractivity contribution < 1.29 is 19.5 Å². The van der Waals surface area contributed by atoms with E-state index in [-0.39, 0.29) is 13.0 Å². The lowest BCUT2D eigenvalue weighted by molar-refractivity contribution is -0.143. The molecule has 3 N–H and O–H groups in total. The van der Waals surface area contributed by atoms with Crippen LogP contribution in [0.3, 0.4) is 0 Å². The van der Waals surface area contributed by atoms with Crippen LogP contribution in [0.25, 0.3) is 0 Å². The summed E-state index contributed by atoms with van der Waals surface area (Å²) in [6.07, 6.45) is 0.00756. The molecule has 0 radical (unpaired) electrons. The Balaban J connectivity index is 2.53. The molecule has 1 rings (SSSR count). The fourth-order valence-corrected chi connectivity index (χ4v) is 1.79. The minimum Gasteiger partial charge on any atom is -0.480 e. The van der Waals surface area contributed by atoms with Gasteiger partial charge >= 0.3 is 5.97 Å². The maximum Gasteiger partial charge on any atom is 0.326 e. The number of aliphatic carboxylic acids is 1. The Bertz CT molecular complexity index is 580. The molecule has 0 aromatic heterocycles. The molecule has 0 bridgehead atoms. The number of carbonyl (C=O) groups excluding carboxylic acids is 2. The Morgan fingerprint density at radius 2 is 1.91 bits per heavy atom. The van der Waals surface area contributed by atoms with E-state index in [4.69, 9.17) is 10.4 Å². The molecule has 0 aliphatic heterocycles. The third kappa shape index (κ3) is 5.25. The summed E-state index contributed by atoms with van der Waals surface area (Å²) in [5.74, 6) is -2.80. The summed E-state index contributed by atoms with van der Waals surface area (Å²) in [6.45, 7) is 1.22. The number of nitrogens with zero attached hydrogens (tertiary/aromatic N) is 1. The van der Waals surface area contributed by atoms with Gasteiger partial charge in [0.2, 0.25) is 5.91 Å². The van der Waals surface area contributed by atoms with Crippen LogP contribution in [0.15, 0.2) is 30.3 Å². The van der Waals surface area contributed by atoms with Crippen LogP contribution in [-0.2, 0) is 9.59 Å². The minimum atomic E-state index is -1.22. The van der Waals surface area contributed by atoms with Crippen LogP contribution in [0, 0.1) is 17.2 Å². The van der Waals surface area contributed by atoms with Gasteiger partial charge in [-0.2, -0.15) is 5.26 Å². The lowest BCUT2D eigenvalue weighted by atomic mass is 9.99. The van der Waals surface area contributed by atoms with Crippen molar-refractivity contribution in [3.8, 4) is 6.07 Å². The zero-order chi connectivity index (χ0) is 16.5. The maximum absolute atomic E-state index is 11.8. The van der Waals surface area contributed by atoms with E-state index in [0.29, 0.717) is 5.56 Å². The number of carboxylic acids is 1. The quantitative estimate of drug-likeness (QED) is 0.679. The Morgan fingerprint density at radius 1 is 1.27 bits per heavy atom. The first kappa shape index (κ1) is 17.2. The van der Waals surface area contributed by atoms with Crippen molar-refractivity contribution in [1.82, 2.24) is 10.6 Å². The van der Waals surface area contributed by atoms with Gasteiger partial charge in [0, 0.05) is 17.9 Å². The highest BCUT2D eigenvalue weighted by Crippen LogP contribution is 2.07. The van der Waals surface area contributed by atoms with Crippen LogP contribution in [0.2, 0.25) is 0 Å². The van der Waals surface area contributed by atoms with E-state index in [9.17, 15) is 14.4 Å². The molecule has 2 atom stereocenters. The standard InChI is InChI=1S/C15H17N3O4/c1-10(7-8-16)13(15(21)22)18-12(19)9-17-14(20)11-5-3-2-4-6-11/h2-6,10,13H,7,9H2,1H3,(H,17,20)(H,18,19)(H,21,22)/t10-,13-/m1/s1. The van der Waals surface area contributed by atoms with Crippen molar-refractivity contribution in [2.75, 3.05) is 6.54 Å². The van der Waals surface area contributed by atoms with Crippen molar-refractivity contribution in [3.63, 3.8) is 0 Å². The van der Waals surface area contributed by atoms with Crippen LogP contribution in [0.1, 0.15) is 23.7 Å². The Morgan fingerprint density at radius 3 is 2.45 bits per heavy atom. The number of hydrogen-bond donors (Lipinski definition) is 3. The van der Waals surface area contributed by atoms with Gasteiger partial charge < -0.3 is 15.7 Å². The normalized spacial score (nSPS) is 12.5.